The van der Waals surface area contributed by atoms with Gasteiger partial charge in [-0.3, -0.25) is 4.79 Å². The van der Waals surface area contributed by atoms with E-state index in [-0.39, 0.29) is 17.3 Å². The number of ether oxygens (including phenoxy) is 2. The van der Waals surface area contributed by atoms with E-state index in [4.69, 9.17) is 9.47 Å². The maximum atomic E-state index is 13.0. The summed E-state index contributed by atoms with van der Waals surface area (Å²) in [5.74, 6) is 1.42. The van der Waals surface area contributed by atoms with Crippen LogP contribution in [0.25, 0.3) is 0 Å². The second kappa shape index (κ2) is 8.85. The molecule has 0 radical (unpaired) electrons. The van der Waals surface area contributed by atoms with E-state index >= 15 is 0 Å². The number of para-hydroxylation sites is 2. The molecule has 0 fully saturated rings. The van der Waals surface area contributed by atoms with Crippen molar-refractivity contribution < 1.29 is 14.3 Å². The number of amides is 1. The molecule has 0 saturated heterocycles. The molecule has 3 aromatic rings. The minimum atomic E-state index is -0.333. The molecule has 3 aromatic carbocycles. The maximum absolute atomic E-state index is 13.0. The molecule has 1 N–H and O–H groups in total. The molecule has 1 aliphatic rings. The van der Waals surface area contributed by atoms with Crippen molar-refractivity contribution in [2.24, 2.45) is 0 Å². The predicted molar refractivity (Wildman–Crippen MR) is 111 cm³/mol. The van der Waals surface area contributed by atoms with Crippen molar-refractivity contribution in [1.82, 2.24) is 5.32 Å². The van der Waals surface area contributed by atoms with Crippen molar-refractivity contribution in [2.75, 3.05) is 13.2 Å². The molecule has 1 amide bonds. The molecule has 5 heteroatoms. The molecule has 1 heterocycles. The quantitative estimate of drug-likeness (QED) is 0.630. The van der Waals surface area contributed by atoms with Crippen molar-refractivity contribution in [3.05, 3.63) is 90.5 Å². The summed E-state index contributed by atoms with van der Waals surface area (Å²) >= 11 is 1.54. The lowest BCUT2D eigenvalue weighted by molar-refractivity contribution is -0.121. The number of rotatable bonds is 6. The molecule has 4 rings (SSSR count). The third-order valence-corrected chi connectivity index (χ3v) is 5.68. The van der Waals surface area contributed by atoms with Gasteiger partial charge in [-0.2, -0.15) is 0 Å². The molecular weight excluding hydrogens is 370 g/mol. The zero-order valence-corrected chi connectivity index (χ0v) is 16.1. The Morgan fingerprint density at radius 3 is 2.32 bits per heavy atom. The number of hydrogen-bond donors (Lipinski definition) is 1. The van der Waals surface area contributed by atoms with Gasteiger partial charge in [0.1, 0.15) is 18.0 Å². The first kappa shape index (κ1) is 18.4. The number of hydrogen-bond acceptors (Lipinski definition) is 4. The average Bonchev–Trinajstić information content (AvgIpc) is 2.77. The highest BCUT2D eigenvalue weighted by Gasteiger charge is 2.25. The molecule has 28 heavy (non-hydrogen) atoms. The molecule has 0 saturated carbocycles. The second-order valence-electron chi connectivity index (χ2n) is 6.46. The van der Waals surface area contributed by atoms with E-state index in [0.29, 0.717) is 18.9 Å². The van der Waals surface area contributed by atoms with Crippen molar-refractivity contribution in [2.45, 2.75) is 16.2 Å². The highest BCUT2D eigenvalue weighted by atomic mass is 32.2. The Morgan fingerprint density at radius 2 is 1.57 bits per heavy atom. The number of nitrogens with one attached hydrogen (secondary N) is 1. The first-order chi connectivity index (χ1) is 13.8. The Bertz CT molecular complexity index is 917. The van der Waals surface area contributed by atoms with Gasteiger partial charge in [0.15, 0.2) is 11.5 Å². The Labute approximate surface area is 168 Å². The smallest absolute Gasteiger partial charge is 0.238 e. The van der Waals surface area contributed by atoms with Crippen LogP contribution in [0.3, 0.4) is 0 Å². The van der Waals surface area contributed by atoms with Gasteiger partial charge in [0.05, 0.1) is 6.54 Å². The highest BCUT2D eigenvalue weighted by Crippen LogP contribution is 2.35. The van der Waals surface area contributed by atoms with E-state index in [0.717, 1.165) is 16.2 Å². The van der Waals surface area contributed by atoms with Crippen LogP contribution in [0.15, 0.2) is 89.8 Å². The lowest BCUT2D eigenvalue weighted by Crippen LogP contribution is -2.41. The third kappa shape index (κ3) is 4.49. The fourth-order valence-electron chi connectivity index (χ4n) is 3.01. The summed E-state index contributed by atoms with van der Waals surface area (Å²) in [5, 5.41) is 2.70. The van der Waals surface area contributed by atoms with E-state index < -0.39 is 0 Å². The first-order valence-corrected chi connectivity index (χ1v) is 10.1. The van der Waals surface area contributed by atoms with Gasteiger partial charge in [-0.25, -0.2) is 0 Å². The van der Waals surface area contributed by atoms with E-state index in [9.17, 15) is 4.79 Å². The summed E-state index contributed by atoms with van der Waals surface area (Å²) in [4.78, 5) is 14.1. The van der Waals surface area contributed by atoms with Crippen molar-refractivity contribution in [1.29, 1.82) is 0 Å². The first-order valence-electron chi connectivity index (χ1n) is 9.22. The minimum absolute atomic E-state index is 0.0393. The van der Waals surface area contributed by atoms with E-state index in [1.165, 1.54) is 0 Å². The summed E-state index contributed by atoms with van der Waals surface area (Å²) in [6.07, 6.45) is -0.211. The summed E-state index contributed by atoms with van der Waals surface area (Å²) in [6.45, 7) is 0.810. The standard InChI is InChI=1S/C23H21NO3S/c25-23(24-15-18-16-26-20-13-7-8-14-21(20)27-18)22(17-9-3-1-4-10-17)28-19-11-5-2-6-12-19/h1-14,18,22H,15-16H2,(H,24,25)/t18-,22-/m0/s1. The van der Waals surface area contributed by atoms with Crippen molar-refractivity contribution in [3.8, 4) is 11.5 Å². The van der Waals surface area contributed by atoms with Crippen LogP contribution in [0, 0.1) is 0 Å². The molecule has 0 unspecified atom stereocenters. The predicted octanol–water partition coefficient (Wildman–Crippen LogP) is 4.48. The minimum Gasteiger partial charge on any atom is -0.486 e. The average molecular weight is 391 g/mol. The lowest BCUT2D eigenvalue weighted by Gasteiger charge is -2.27. The van der Waals surface area contributed by atoms with Crippen LogP contribution in [0.4, 0.5) is 0 Å². The van der Waals surface area contributed by atoms with Gasteiger partial charge < -0.3 is 14.8 Å². The van der Waals surface area contributed by atoms with Gasteiger partial charge in [-0.05, 0) is 29.8 Å². The van der Waals surface area contributed by atoms with Crippen LogP contribution in [-0.4, -0.2) is 25.2 Å². The topological polar surface area (TPSA) is 47.6 Å². The SMILES string of the molecule is O=C(NC[C@H]1COc2ccccc2O1)[C@@H](Sc1ccccc1)c1ccccc1. The molecule has 0 aromatic heterocycles. The number of benzene rings is 3. The molecular formula is C23H21NO3S. The van der Waals surface area contributed by atoms with Gasteiger partial charge in [0.25, 0.3) is 0 Å². The Balaban J connectivity index is 1.43. The van der Waals surface area contributed by atoms with Crippen LogP contribution < -0.4 is 14.8 Å². The summed E-state index contributed by atoms with van der Waals surface area (Å²) in [7, 11) is 0. The third-order valence-electron chi connectivity index (χ3n) is 4.41. The summed E-state index contributed by atoms with van der Waals surface area (Å²) in [5.41, 5.74) is 0.972. The van der Waals surface area contributed by atoms with Crippen molar-refractivity contribution in [3.63, 3.8) is 0 Å². The van der Waals surface area contributed by atoms with Crippen LogP contribution in [0.1, 0.15) is 10.8 Å². The Kier molecular flexibility index (Phi) is 5.83. The van der Waals surface area contributed by atoms with E-state index in [2.05, 4.69) is 5.32 Å². The Morgan fingerprint density at radius 1 is 0.929 bits per heavy atom. The molecule has 0 spiro atoms. The fourth-order valence-corrected chi connectivity index (χ4v) is 4.08. The molecule has 4 nitrogen and oxygen atoms in total. The fraction of sp³-hybridized carbons (Fsp3) is 0.174. The van der Waals surface area contributed by atoms with E-state index in [1.54, 1.807) is 11.8 Å². The van der Waals surface area contributed by atoms with Gasteiger partial charge in [-0.1, -0.05) is 60.7 Å². The zero-order valence-electron chi connectivity index (χ0n) is 15.3. The monoisotopic (exact) mass is 391 g/mol. The van der Waals surface area contributed by atoms with Crippen LogP contribution in [0.2, 0.25) is 0 Å². The Hall–Kier alpha value is -2.92. The largest absolute Gasteiger partial charge is 0.486 e. The lowest BCUT2D eigenvalue weighted by atomic mass is 10.1. The number of fused-ring (bicyclic) bond motifs is 1. The number of carbonyl (C=O) groups is 1. The molecule has 142 valence electrons. The van der Waals surface area contributed by atoms with Gasteiger partial charge in [-0.15, -0.1) is 11.8 Å². The highest BCUT2D eigenvalue weighted by molar-refractivity contribution is 8.00. The van der Waals surface area contributed by atoms with Crippen LogP contribution in [0.5, 0.6) is 11.5 Å². The number of thioether (sulfide) groups is 1. The van der Waals surface area contributed by atoms with Crippen LogP contribution in [-0.2, 0) is 4.79 Å². The second-order valence-corrected chi connectivity index (χ2v) is 7.64. The molecule has 1 aliphatic heterocycles. The van der Waals surface area contributed by atoms with Gasteiger partial charge in [0.2, 0.25) is 5.91 Å². The normalized spacial score (nSPS) is 16.2. The summed E-state index contributed by atoms with van der Waals surface area (Å²) < 4.78 is 11.7. The molecule has 0 aliphatic carbocycles. The molecule has 2 atom stereocenters. The van der Waals surface area contributed by atoms with Crippen molar-refractivity contribution >= 4 is 17.7 Å². The van der Waals surface area contributed by atoms with Crippen LogP contribution >= 0.6 is 11.8 Å². The summed E-state index contributed by atoms with van der Waals surface area (Å²) in [6, 6.07) is 27.4. The zero-order chi connectivity index (χ0) is 19.2. The maximum Gasteiger partial charge on any atom is 0.238 e. The van der Waals surface area contributed by atoms with E-state index in [1.807, 2.05) is 84.9 Å². The molecule has 0 bridgehead atoms. The van der Waals surface area contributed by atoms with Gasteiger partial charge >= 0.3 is 0 Å². The number of carbonyl (C=O) groups excluding carboxylic acids is 1. The van der Waals surface area contributed by atoms with Gasteiger partial charge in [0, 0.05) is 4.90 Å².